The molecule has 3 heteroatoms. The molecule has 2 rings (SSSR count). The quantitative estimate of drug-likeness (QED) is 0.594. The molecule has 0 unspecified atom stereocenters. The van der Waals surface area contributed by atoms with E-state index in [4.69, 9.17) is 4.74 Å². The number of carbonyl (C=O) groups excluding carboxylic acids is 1. The number of benzene rings is 1. The molecule has 0 N–H and O–H groups in total. The Bertz CT molecular complexity index is 346. The normalized spacial score (nSPS) is 17.2. The molecule has 86 valence electrons. The average Bonchev–Trinajstić information content (AvgIpc) is 2.38. The van der Waals surface area contributed by atoms with Gasteiger partial charge in [0.15, 0.2) is 0 Å². The minimum absolute atomic E-state index is 0.761. The number of rotatable bonds is 4. The Morgan fingerprint density at radius 3 is 2.94 bits per heavy atom. The van der Waals surface area contributed by atoms with Crippen LogP contribution in [0.2, 0.25) is 0 Å². The molecule has 0 radical (unpaired) electrons. The fourth-order valence-electron chi connectivity index (χ4n) is 1.80. The third kappa shape index (κ3) is 3.35. The zero-order chi connectivity index (χ0) is 11.2. The van der Waals surface area contributed by atoms with E-state index in [1.807, 2.05) is 30.0 Å². The fraction of sp³-hybridized carbons (Fsp3) is 0.462. The predicted molar refractivity (Wildman–Crippen MR) is 66.1 cm³/mol. The molecular weight excluding hydrogens is 220 g/mol. The molecule has 0 aliphatic carbocycles. The van der Waals surface area contributed by atoms with Crippen LogP contribution in [0, 0.1) is 5.92 Å². The molecule has 16 heavy (non-hydrogen) atoms. The highest BCUT2D eigenvalue weighted by Crippen LogP contribution is 2.25. The van der Waals surface area contributed by atoms with Crippen molar-refractivity contribution in [2.75, 3.05) is 19.0 Å². The maximum absolute atomic E-state index is 10.6. The van der Waals surface area contributed by atoms with E-state index in [0.29, 0.717) is 0 Å². The number of carbonyl (C=O) groups is 1. The van der Waals surface area contributed by atoms with Crippen molar-refractivity contribution in [2.24, 2.45) is 5.92 Å². The first kappa shape index (κ1) is 11.7. The Kier molecular flexibility index (Phi) is 4.43. The van der Waals surface area contributed by atoms with E-state index >= 15 is 0 Å². The van der Waals surface area contributed by atoms with Crippen LogP contribution in [-0.4, -0.2) is 25.3 Å². The summed E-state index contributed by atoms with van der Waals surface area (Å²) >= 11 is 1.84. The van der Waals surface area contributed by atoms with Crippen molar-refractivity contribution in [3.8, 4) is 0 Å². The van der Waals surface area contributed by atoms with Gasteiger partial charge in [0.05, 0.1) is 0 Å². The van der Waals surface area contributed by atoms with Gasteiger partial charge < -0.3 is 4.74 Å². The number of hydrogen-bond acceptors (Lipinski definition) is 3. The van der Waals surface area contributed by atoms with Gasteiger partial charge in [0, 0.05) is 29.4 Å². The third-order valence-electron chi connectivity index (χ3n) is 2.82. The molecule has 1 aliphatic rings. The second kappa shape index (κ2) is 6.06. The molecule has 1 aromatic rings. The largest absolute Gasteiger partial charge is 0.381 e. The van der Waals surface area contributed by atoms with Crippen LogP contribution in [-0.2, 0) is 4.74 Å². The molecule has 1 heterocycles. The van der Waals surface area contributed by atoms with Gasteiger partial charge in [0.2, 0.25) is 0 Å². The van der Waals surface area contributed by atoms with Gasteiger partial charge in [-0.25, -0.2) is 0 Å². The fourth-order valence-corrected chi connectivity index (χ4v) is 2.96. The van der Waals surface area contributed by atoms with Crippen LogP contribution < -0.4 is 0 Å². The molecule has 1 saturated heterocycles. The summed E-state index contributed by atoms with van der Waals surface area (Å²) in [5, 5.41) is 0. The lowest BCUT2D eigenvalue weighted by atomic mass is 10.0. The average molecular weight is 236 g/mol. The minimum Gasteiger partial charge on any atom is -0.381 e. The molecule has 0 spiro atoms. The molecule has 1 aliphatic heterocycles. The maximum Gasteiger partial charge on any atom is 0.150 e. The molecular formula is C13H16O2S. The highest BCUT2D eigenvalue weighted by atomic mass is 32.2. The number of hydrogen-bond donors (Lipinski definition) is 0. The van der Waals surface area contributed by atoms with E-state index < -0.39 is 0 Å². The highest BCUT2D eigenvalue weighted by molar-refractivity contribution is 7.99. The highest BCUT2D eigenvalue weighted by Gasteiger charge is 2.13. The van der Waals surface area contributed by atoms with Gasteiger partial charge >= 0.3 is 0 Å². The third-order valence-corrected chi connectivity index (χ3v) is 4.05. The summed E-state index contributed by atoms with van der Waals surface area (Å²) < 4.78 is 5.33. The van der Waals surface area contributed by atoms with Crippen molar-refractivity contribution in [1.29, 1.82) is 0 Å². The zero-order valence-corrected chi connectivity index (χ0v) is 10.0. The monoisotopic (exact) mass is 236 g/mol. The van der Waals surface area contributed by atoms with E-state index in [2.05, 4.69) is 6.07 Å². The molecule has 0 bridgehead atoms. The summed E-state index contributed by atoms with van der Waals surface area (Å²) in [6.07, 6.45) is 3.24. The molecule has 0 amide bonds. The van der Waals surface area contributed by atoms with Gasteiger partial charge in [-0.2, -0.15) is 0 Å². The van der Waals surface area contributed by atoms with Crippen molar-refractivity contribution in [3.63, 3.8) is 0 Å². The van der Waals surface area contributed by atoms with Crippen molar-refractivity contribution in [3.05, 3.63) is 29.8 Å². The van der Waals surface area contributed by atoms with E-state index in [1.54, 1.807) is 0 Å². The van der Waals surface area contributed by atoms with Crippen molar-refractivity contribution in [1.82, 2.24) is 0 Å². The lowest BCUT2D eigenvalue weighted by Gasteiger charge is -2.21. The SMILES string of the molecule is O=Cc1cccc(SCC2CCOCC2)c1. The molecule has 1 aromatic carbocycles. The first-order valence-corrected chi connectivity index (χ1v) is 6.63. The predicted octanol–water partition coefficient (Wildman–Crippen LogP) is 3.02. The van der Waals surface area contributed by atoms with Crippen LogP contribution in [0.25, 0.3) is 0 Å². The van der Waals surface area contributed by atoms with E-state index in [-0.39, 0.29) is 0 Å². The summed E-state index contributed by atoms with van der Waals surface area (Å²) in [6.45, 7) is 1.80. The summed E-state index contributed by atoms with van der Waals surface area (Å²) in [5.41, 5.74) is 0.761. The number of thioether (sulfide) groups is 1. The van der Waals surface area contributed by atoms with Gasteiger partial charge in [0.1, 0.15) is 6.29 Å². The molecule has 0 saturated carbocycles. The van der Waals surface area contributed by atoms with Crippen LogP contribution >= 0.6 is 11.8 Å². The van der Waals surface area contributed by atoms with E-state index in [0.717, 1.165) is 36.7 Å². The smallest absolute Gasteiger partial charge is 0.150 e. The number of ether oxygens (including phenoxy) is 1. The molecule has 1 fully saturated rings. The van der Waals surface area contributed by atoms with Gasteiger partial charge in [-0.05, 0) is 30.9 Å². The summed E-state index contributed by atoms with van der Waals surface area (Å²) in [4.78, 5) is 11.8. The summed E-state index contributed by atoms with van der Waals surface area (Å²) in [6, 6.07) is 7.80. The Morgan fingerprint density at radius 1 is 1.38 bits per heavy atom. The van der Waals surface area contributed by atoms with Crippen molar-refractivity contribution in [2.45, 2.75) is 17.7 Å². The summed E-state index contributed by atoms with van der Waals surface area (Å²) in [5.74, 6) is 1.89. The first-order chi connectivity index (χ1) is 7.88. The summed E-state index contributed by atoms with van der Waals surface area (Å²) in [7, 11) is 0. The molecule has 0 atom stereocenters. The Balaban J connectivity index is 1.85. The minimum atomic E-state index is 0.761. The van der Waals surface area contributed by atoms with E-state index in [9.17, 15) is 4.79 Å². The maximum atomic E-state index is 10.6. The van der Waals surface area contributed by atoms with Crippen LogP contribution in [0.3, 0.4) is 0 Å². The molecule has 2 nitrogen and oxygen atoms in total. The van der Waals surface area contributed by atoms with Crippen LogP contribution in [0.5, 0.6) is 0 Å². The van der Waals surface area contributed by atoms with Crippen LogP contribution in [0.15, 0.2) is 29.2 Å². The zero-order valence-electron chi connectivity index (χ0n) is 9.22. The van der Waals surface area contributed by atoms with Crippen molar-refractivity contribution < 1.29 is 9.53 Å². The van der Waals surface area contributed by atoms with Crippen LogP contribution in [0.1, 0.15) is 23.2 Å². The Morgan fingerprint density at radius 2 is 2.19 bits per heavy atom. The number of aldehydes is 1. The first-order valence-electron chi connectivity index (χ1n) is 5.64. The van der Waals surface area contributed by atoms with Crippen LogP contribution in [0.4, 0.5) is 0 Å². The molecule has 0 aromatic heterocycles. The van der Waals surface area contributed by atoms with Gasteiger partial charge in [-0.15, -0.1) is 11.8 Å². The van der Waals surface area contributed by atoms with Gasteiger partial charge in [0.25, 0.3) is 0 Å². The van der Waals surface area contributed by atoms with E-state index in [1.165, 1.54) is 17.7 Å². The second-order valence-corrected chi connectivity index (χ2v) is 5.15. The van der Waals surface area contributed by atoms with Gasteiger partial charge in [-0.1, -0.05) is 12.1 Å². The lowest BCUT2D eigenvalue weighted by molar-refractivity contribution is 0.0728. The Labute approximate surface area is 100 Å². The van der Waals surface area contributed by atoms with Gasteiger partial charge in [-0.3, -0.25) is 4.79 Å². The topological polar surface area (TPSA) is 26.3 Å². The van der Waals surface area contributed by atoms with Crippen molar-refractivity contribution >= 4 is 18.0 Å². The standard InChI is InChI=1S/C13H16O2S/c14-9-12-2-1-3-13(8-12)16-10-11-4-6-15-7-5-11/h1-3,8-9,11H,4-7,10H2. The lowest BCUT2D eigenvalue weighted by Crippen LogP contribution is -2.17. The second-order valence-electron chi connectivity index (χ2n) is 4.06. The Hall–Kier alpha value is -0.800.